The molecule has 0 saturated heterocycles. The van der Waals surface area contributed by atoms with Crippen LogP contribution in [0.3, 0.4) is 0 Å². The molecule has 90 valence electrons. The van der Waals surface area contributed by atoms with E-state index in [0.717, 1.165) is 5.39 Å². The number of nitrogens with zero attached hydrogens (tertiary/aromatic N) is 2. The van der Waals surface area contributed by atoms with Crippen LogP contribution in [0.15, 0.2) is 47.3 Å². The molecule has 0 saturated carbocycles. The third-order valence-electron chi connectivity index (χ3n) is 2.69. The zero-order valence-corrected chi connectivity index (χ0v) is 10.1. The van der Waals surface area contributed by atoms with Crippen molar-refractivity contribution in [3.8, 4) is 0 Å². The summed E-state index contributed by atoms with van der Waals surface area (Å²) < 4.78 is 6.84. The number of fused-ring (bicyclic) bond motifs is 1. The maximum atomic E-state index is 12.1. The third kappa shape index (κ3) is 1.91. The van der Waals surface area contributed by atoms with Gasteiger partial charge in [-0.2, -0.15) is 5.10 Å². The van der Waals surface area contributed by atoms with Gasteiger partial charge in [-0.3, -0.25) is 9.48 Å². The van der Waals surface area contributed by atoms with Gasteiger partial charge in [0.25, 0.3) is 0 Å². The lowest BCUT2D eigenvalue weighted by molar-refractivity contribution is 0.0968. The lowest BCUT2D eigenvalue weighted by Crippen LogP contribution is -2.10. The zero-order chi connectivity index (χ0) is 12.5. The Hall–Kier alpha value is -2.07. The molecule has 0 aliphatic rings. The van der Waals surface area contributed by atoms with Crippen molar-refractivity contribution in [1.82, 2.24) is 9.78 Å². The number of halogens is 1. The third-order valence-corrected chi connectivity index (χ3v) is 2.88. The average Bonchev–Trinajstić information content (AvgIpc) is 2.95. The van der Waals surface area contributed by atoms with E-state index in [9.17, 15) is 4.79 Å². The SMILES string of the molecule is O=C(Cn1cc(Cl)cn1)c1coc2ccccc12. The standard InChI is InChI=1S/C13H9ClN2O2/c14-9-5-15-16(6-9)7-12(17)11-8-18-13-4-2-1-3-10(11)13/h1-6,8H,7H2. The van der Waals surface area contributed by atoms with Crippen molar-refractivity contribution in [3.63, 3.8) is 0 Å². The van der Waals surface area contributed by atoms with Gasteiger partial charge in [-0.05, 0) is 6.07 Å². The first-order valence-corrected chi connectivity index (χ1v) is 5.79. The Morgan fingerprint density at radius 3 is 3.00 bits per heavy atom. The summed E-state index contributed by atoms with van der Waals surface area (Å²) >= 11 is 5.75. The zero-order valence-electron chi connectivity index (χ0n) is 9.34. The molecule has 2 aromatic heterocycles. The number of ketones is 1. The number of hydrogen-bond acceptors (Lipinski definition) is 3. The number of aromatic nitrogens is 2. The molecule has 0 aliphatic carbocycles. The van der Waals surface area contributed by atoms with E-state index in [0.29, 0.717) is 16.2 Å². The van der Waals surface area contributed by atoms with Gasteiger partial charge in [0, 0.05) is 11.6 Å². The van der Waals surface area contributed by atoms with Crippen LogP contribution >= 0.6 is 11.6 Å². The summed E-state index contributed by atoms with van der Waals surface area (Å²) in [6, 6.07) is 7.44. The van der Waals surface area contributed by atoms with Crippen molar-refractivity contribution < 1.29 is 9.21 Å². The summed E-state index contributed by atoms with van der Waals surface area (Å²) in [5, 5.41) is 5.31. The first-order chi connectivity index (χ1) is 8.74. The van der Waals surface area contributed by atoms with Gasteiger partial charge in [-0.15, -0.1) is 0 Å². The van der Waals surface area contributed by atoms with Crippen molar-refractivity contribution in [2.75, 3.05) is 0 Å². The molecule has 4 nitrogen and oxygen atoms in total. The van der Waals surface area contributed by atoms with Gasteiger partial charge in [-0.25, -0.2) is 0 Å². The second kappa shape index (κ2) is 4.31. The molecule has 0 N–H and O–H groups in total. The van der Waals surface area contributed by atoms with Crippen LogP contribution in [0.1, 0.15) is 10.4 Å². The van der Waals surface area contributed by atoms with Crippen molar-refractivity contribution in [3.05, 3.63) is 53.5 Å². The van der Waals surface area contributed by atoms with Crippen LogP contribution in [-0.2, 0) is 6.54 Å². The summed E-state index contributed by atoms with van der Waals surface area (Å²) in [5.41, 5.74) is 1.27. The highest BCUT2D eigenvalue weighted by Gasteiger charge is 2.14. The molecule has 5 heteroatoms. The number of furan rings is 1. The average molecular weight is 261 g/mol. The number of carbonyl (C=O) groups is 1. The molecule has 3 rings (SSSR count). The van der Waals surface area contributed by atoms with E-state index in [1.165, 1.54) is 17.1 Å². The van der Waals surface area contributed by atoms with Crippen LogP contribution in [0, 0.1) is 0 Å². The van der Waals surface area contributed by atoms with Gasteiger partial charge >= 0.3 is 0 Å². The van der Waals surface area contributed by atoms with E-state index in [4.69, 9.17) is 16.0 Å². The second-order valence-electron chi connectivity index (χ2n) is 3.92. The smallest absolute Gasteiger partial charge is 0.188 e. The van der Waals surface area contributed by atoms with Crippen LogP contribution in [0.4, 0.5) is 0 Å². The number of Topliss-reactive ketones (excluding diaryl/α,β-unsaturated/α-hetero) is 1. The fourth-order valence-electron chi connectivity index (χ4n) is 1.85. The summed E-state index contributed by atoms with van der Waals surface area (Å²) in [6.07, 6.45) is 4.60. The van der Waals surface area contributed by atoms with Gasteiger partial charge in [0.15, 0.2) is 5.78 Å². The fraction of sp³-hybridized carbons (Fsp3) is 0.0769. The number of hydrogen-bond donors (Lipinski definition) is 0. The summed E-state index contributed by atoms with van der Waals surface area (Å²) in [4.78, 5) is 12.1. The number of benzene rings is 1. The maximum absolute atomic E-state index is 12.1. The van der Waals surface area contributed by atoms with E-state index in [1.54, 1.807) is 6.20 Å². The molecule has 0 unspecified atom stereocenters. The molecule has 0 radical (unpaired) electrons. The van der Waals surface area contributed by atoms with E-state index >= 15 is 0 Å². The molecule has 18 heavy (non-hydrogen) atoms. The summed E-state index contributed by atoms with van der Waals surface area (Å²) in [6.45, 7) is 0.149. The minimum absolute atomic E-state index is 0.0558. The van der Waals surface area contributed by atoms with Crippen LogP contribution in [0.25, 0.3) is 11.0 Å². The Bertz CT molecular complexity index is 714. The molecule has 0 spiro atoms. The van der Waals surface area contributed by atoms with E-state index in [2.05, 4.69) is 5.10 Å². The molecule has 3 aromatic rings. The van der Waals surface area contributed by atoms with Gasteiger partial charge in [0.1, 0.15) is 18.4 Å². The van der Waals surface area contributed by atoms with Crippen molar-refractivity contribution in [2.45, 2.75) is 6.54 Å². The van der Waals surface area contributed by atoms with Crippen LogP contribution in [-0.4, -0.2) is 15.6 Å². The lowest BCUT2D eigenvalue weighted by atomic mass is 10.1. The van der Waals surface area contributed by atoms with E-state index in [-0.39, 0.29) is 12.3 Å². The minimum atomic E-state index is -0.0558. The Labute approximate surface area is 108 Å². The van der Waals surface area contributed by atoms with Crippen LogP contribution < -0.4 is 0 Å². The summed E-state index contributed by atoms with van der Waals surface area (Å²) in [7, 11) is 0. The van der Waals surface area contributed by atoms with Crippen molar-refractivity contribution in [1.29, 1.82) is 0 Å². The van der Waals surface area contributed by atoms with Gasteiger partial charge in [0.2, 0.25) is 0 Å². The molecule has 0 fully saturated rings. The molecule has 0 aliphatic heterocycles. The number of para-hydroxylation sites is 1. The highest BCUT2D eigenvalue weighted by Crippen LogP contribution is 2.21. The largest absolute Gasteiger partial charge is 0.464 e. The topological polar surface area (TPSA) is 48.0 Å². The van der Waals surface area contributed by atoms with E-state index < -0.39 is 0 Å². The van der Waals surface area contributed by atoms with Gasteiger partial charge < -0.3 is 4.42 Å². The quantitative estimate of drug-likeness (QED) is 0.680. The van der Waals surface area contributed by atoms with E-state index in [1.807, 2.05) is 24.3 Å². The second-order valence-corrected chi connectivity index (χ2v) is 4.36. The molecular formula is C13H9ClN2O2. The maximum Gasteiger partial charge on any atom is 0.188 e. The first-order valence-electron chi connectivity index (χ1n) is 5.41. The normalized spacial score (nSPS) is 10.9. The molecule has 0 amide bonds. The van der Waals surface area contributed by atoms with Crippen molar-refractivity contribution >= 4 is 28.4 Å². The molecular weight excluding hydrogens is 252 g/mol. The predicted octanol–water partition coefficient (Wildman–Crippen LogP) is 3.17. The number of carbonyl (C=O) groups excluding carboxylic acids is 1. The minimum Gasteiger partial charge on any atom is -0.464 e. The Balaban J connectivity index is 1.92. The predicted molar refractivity (Wildman–Crippen MR) is 67.8 cm³/mol. The highest BCUT2D eigenvalue weighted by atomic mass is 35.5. The van der Waals surface area contributed by atoms with Crippen LogP contribution in [0.2, 0.25) is 5.02 Å². The first kappa shape index (κ1) is 11.0. The van der Waals surface area contributed by atoms with Crippen molar-refractivity contribution in [2.24, 2.45) is 0 Å². The Kier molecular flexibility index (Phi) is 2.64. The van der Waals surface area contributed by atoms with Gasteiger partial charge in [-0.1, -0.05) is 29.8 Å². The molecule has 0 bridgehead atoms. The number of rotatable bonds is 3. The molecule has 2 heterocycles. The Morgan fingerprint density at radius 1 is 1.39 bits per heavy atom. The van der Waals surface area contributed by atoms with Gasteiger partial charge in [0.05, 0.1) is 16.8 Å². The highest BCUT2D eigenvalue weighted by molar-refractivity contribution is 6.30. The Morgan fingerprint density at radius 2 is 2.22 bits per heavy atom. The van der Waals surface area contributed by atoms with Crippen LogP contribution in [0.5, 0.6) is 0 Å². The fourth-order valence-corrected chi connectivity index (χ4v) is 2.01. The monoisotopic (exact) mass is 260 g/mol. The molecule has 0 atom stereocenters. The molecule has 1 aromatic carbocycles. The summed E-state index contributed by atoms with van der Waals surface area (Å²) in [5.74, 6) is -0.0558. The lowest BCUT2D eigenvalue weighted by Gasteiger charge is -1.98.